The maximum atomic E-state index is 5.48. The molecule has 2 heterocycles. The lowest BCUT2D eigenvalue weighted by atomic mass is 10.1. The molecule has 0 saturated carbocycles. The van der Waals surface area contributed by atoms with Crippen molar-refractivity contribution >= 4 is 16.6 Å². The van der Waals surface area contributed by atoms with Crippen LogP contribution in [0, 0.1) is 0 Å². The van der Waals surface area contributed by atoms with Gasteiger partial charge in [-0.05, 0) is 38.5 Å². The van der Waals surface area contributed by atoms with E-state index in [1.165, 1.54) is 22.0 Å². The molecule has 2 aromatic heterocycles. The molecule has 1 aromatic carbocycles. The molecule has 0 aliphatic carbocycles. The number of nitrogens with one attached hydrogen (secondary N) is 4. The number of hydrogen-bond donors (Lipinski definition) is 5. The zero-order valence-corrected chi connectivity index (χ0v) is 13.4. The highest BCUT2D eigenvalue weighted by molar-refractivity contribution is 5.98. The first-order valence-electron chi connectivity index (χ1n) is 8.28. The summed E-state index contributed by atoms with van der Waals surface area (Å²) in [6.45, 7) is 3.71. The Labute approximate surface area is 136 Å². The molecule has 0 aliphatic heterocycles. The van der Waals surface area contributed by atoms with E-state index < -0.39 is 0 Å². The molecule has 0 saturated heterocycles. The van der Waals surface area contributed by atoms with Crippen LogP contribution in [0.25, 0.3) is 22.0 Å². The molecule has 0 radical (unpaired) electrons. The summed E-state index contributed by atoms with van der Waals surface area (Å²) in [7, 11) is 0. The molecule has 5 nitrogen and oxygen atoms in total. The minimum Gasteiger partial charge on any atom is -0.383 e. The fourth-order valence-corrected chi connectivity index (χ4v) is 2.82. The van der Waals surface area contributed by atoms with Crippen LogP contribution in [0.2, 0.25) is 0 Å². The molecule has 3 aromatic rings. The molecule has 0 unspecified atom stereocenters. The summed E-state index contributed by atoms with van der Waals surface area (Å²) in [6, 6.07) is 8.38. The van der Waals surface area contributed by atoms with Gasteiger partial charge in [-0.2, -0.15) is 0 Å². The van der Waals surface area contributed by atoms with Crippen LogP contribution in [-0.2, 0) is 0 Å². The van der Waals surface area contributed by atoms with Gasteiger partial charge in [0.1, 0.15) is 0 Å². The summed E-state index contributed by atoms with van der Waals surface area (Å²) in [6.07, 6.45) is 8.28. The highest BCUT2D eigenvalue weighted by atomic mass is 14.9. The number of H-pyrrole nitrogens is 2. The Kier molecular flexibility index (Phi) is 5.34. The van der Waals surface area contributed by atoms with Gasteiger partial charge in [-0.1, -0.05) is 18.2 Å². The van der Waals surface area contributed by atoms with Crippen LogP contribution in [-0.4, -0.2) is 36.1 Å². The number of aromatic amines is 2. The third-order valence-electron chi connectivity index (χ3n) is 4.03. The van der Waals surface area contributed by atoms with Crippen LogP contribution < -0.4 is 16.4 Å². The summed E-state index contributed by atoms with van der Waals surface area (Å²) in [5, 5.41) is 8.18. The molecule has 5 heteroatoms. The Bertz CT molecular complexity index is 728. The standard InChI is InChI=1S/C18H25N5/c19-7-3-8-20-9-4-10-22-18-13-21-11-16(18)15-12-23-17-6-2-1-5-14(15)17/h1-2,5-6,11-13,20-23H,3-4,7-10,19H2. The maximum Gasteiger partial charge on any atom is 0.0598 e. The Hall–Kier alpha value is -2.24. The molecule has 0 spiro atoms. The van der Waals surface area contributed by atoms with Gasteiger partial charge in [-0.3, -0.25) is 0 Å². The second-order valence-electron chi connectivity index (χ2n) is 5.70. The van der Waals surface area contributed by atoms with E-state index in [0.717, 1.165) is 44.7 Å². The second kappa shape index (κ2) is 7.85. The lowest BCUT2D eigenvalue weighted by Crippen LogP contribution is -2.21. The zero-order valence-electron chi connectivity index (χ0n) is 13.4. The van der Waals surface area contributed by atoms with E-state index >= 15 is 0 Å². The molecule has 0 aliphatic rings. The van der Waals surface area contributed by atoms with Gasteiger partial charge in [0.05, 0.1) is 5.69 Å². The third-order valence-corrected chi connectivity index (χ3v) is 4.03. The fourth-order valence-electron chi connectivity index (χ4n) is 2.82. The van der Waals surface area contributed by atoms with Crippen molar-refractivity contribution in [3.63, 3.8) is 0 Å². The number of aromatic nitrogens is 2. The SMILES string of the molecule is NCCCNCCCNc1c[nH]cc1-c1c[nH]c2ccccc12. The van der Waals surface area contributed by atoms with Gasteiger partial charge in [-0.25, -0.2) is 0 Å². The van der Waals surface area contributed by atoms with Crippen LogP contribution in [0.5, 0.6) is 0 Å². The Morgan fingerprint density at radius 1 is 0.913 bits per heavy atom. The van der Waals surface area contributed by atoms with Gasteiger partial charge in [-0.15, -0.1) is 0 Å². The highest BCUT2D eigenvalue weighted by Crippen LogP contribution is 2.33. The molecule has 0 bridgehead atoms. The summed E-state index contributed by atoms with van der Waals surface area (Å²) >= 11 is 0. The minimum atomic E-state index is 0.753. The topological polar surface area (TPSA) is 81.7 Å². The maximum absolute atomic E-state index is 5.48. The number of para-hydroxylation sites is 1. The first-order chi connectivity index (χ1) is 11.4. The van der Waals surface area contributed by atoms with Crippen molar-refractivity contribution in [2.45, 2.75) is 12.8 Å². The smallest absolute Gasteiger partial charge is 0.0598 e. The average Bonchev–Trinajstić information content (AvgIpc) is 3.20. The van der Waals surface area contributed by atoms with Crippen molar-refractivity contribution in [3.05, 3.63) is 42.9 Å². The van der Waals surface area contributed by atoms with E-state index in [2.05, 4.69) is 57.3 Å². The van der Waals surface area contributed by atoms with E-state index in [4.69, 9.17) is 5.73 Å². The van der Waals surface area contributed by atoms with Crippen molar-refractivity contribution in [3.8, 4) is 11.1 Å². The average molecular weight is 311 g/mol. The largest absolute Gasteiger partial charge is 0.383 e. The van der Waals surface area contributed by atoms with Gasteiger partial charge in [0.15, 0.2) is 0 Å². The van der Waals surface area contributed by atoms with Crippen LogP contribution in [0.1, 0.15) is 12.8 Å². The number of fused-ring (bicyclic) bond motifs is 1. The van der Waals surface area contributed by atoms with Crippen molar-refractivity contribution in [1.82, 2.24) is 15.3 Å². The van der Waals surface area contributed by atoms with Crippen molar-refractivity contribution in [1.29, 1.82) is 0 Å². The van der Waals surface area contributed by atoms with E-state index in [1.807, 2.05) is 6.20 Å². The van der Waals surface area contributed by atoms with E-state index in [1.54, 1.807) is 0 Å². The molecule has 122 valence electrons. The minimum absolute atomic E-state index is 0.753. The van der Waals surface area contributed by atoms with E-state index in [9.17, 15) is 0 Å². The van der Waals surface area contributed by atoms with Crippen LogP contribution in [0.4, 0.5) is 5.69 Å². The van der Waals surface area contributed by atoms with E-state index in [-0.39, 0.29) is 0 Å². The number of benzene rings is 1. The number of rotatable bonds is 9. The van der Waals surface area contributed by atoms with Crippen LogP contribution in [0.15, 0.2) is 42.9 Å². The first-order valence-corrected chi connectivity index (χ1v) is 8.28. The summed E-state index contributed by atoms with van der Waals surface area (Å²) in [5.74, 6) is 0. The number of hydrogen-bond acceptors (Lipinski definition) is 3. The number of nitrogens with two attached hydrogens (primary N) is 1. The number of anilines is 1. The van der Waals surface area contributed by atoms with Gasteiger partial charge in [0.2, 0.25) is 0 Å². The first kappa shape index (κ1) is 15.6. The lowest BCUT2D eigenvalue weighted by molar-refractivity contribution is 0.637. The molecule has 0 amide bonds. The fraction of sp³-hybridized carbons (Fsp3) is 0.333. The molecule has 0 fully saturated rings. The molecule has 23 heavy (non-hydrogen) atoms. The normalized spacial score (nSPS) is 11.2. The quantitative estimate of drug-likeness (QED) is 0.394. The lowest BCUT2D eigenvalue weighted by Gasteiger charge is -2.08. The summed E-state index contributed by atoms with van der Waals surface area (Å²) in [4.78, 5) is 6.55. The van der Waals surface area contributed by atoms with Gasteiger partial charge in [0, 0.05) is 47.2 Å². The molecule has 3 rings (SSSR count). The molecule has 6 N–H and O–H groups in total. The van der Waals surface area contributed by atoms with Crippen LogP contribution >= 0.6 is 0 Å². The van der Waals surface area contributed by atoms with Gasteiger partial charge in [0.25, 0.3) is 0 Å². The van der Waals surface area contributed by atoms with Gasteiger partial charge < -0.3 is 26.3 Å². The van der Waals surface area contributed by atoms with Gasteiger partial charge >= 0.3 is 0 Å². The van der Waals surface area contributed by atoms with Crippen molar-refractivity contribution < 1.29 is 0 Å². The highest BCUT2D eigenvalue weighted by Gasteiger charge is 2.10. The monoisotopic (exact) mass is 311 g/mol. The second-order valence-corrected chi connectivity index (χ2v) is 5.70. The van der Waals surface area contributed by atoms with Crippen molar-refractivity contribution in [2.75, 3.05) is 31.5 Å². The Balaban J connectivity index is 1.59. The van der Waals surface area contributed by atoms with Crippen molar-refractivity contribution in [2.24, 2.45) is 5.73 Å². The van der Waals surface area contributed by atoms with Crippen LogP contribution in [0.3, 0.4) is 0 Å². The third kappa shape index (κ3) is 3.75. The summed E-state index contributed by atoms with van der Waals surface area (Å²) in [5.41, 5.74) is 10.2. The molecular formula is C18H25N5. The Morgan fingerprint density at radius 2 is 1.78 bits per heavy atom. The molecular weight excluding hydrogens is 286 g/mol. The molecule has 0 atom stereocenters. The zero-order chi connectivity index (χ0) is 15.9. The van der Waals surface area contributed by atoms with E-state index in [0.29, 0.717) is 0 Å². The summed E-state index contributed by atoms with van der Waals surface area (Å²) < 4.78 is 0. The predicted molar refractivity (Wildman–Crippen MR) is 97.7 cm³/mol. The Morgan fingerprint density at radius 3 is 2.70 bits per heavy atom. The predicted octanol–water partition coefficient (Wildman–Crippen LogP) is 2.90.